The predicted octanol–water partition coefficient (Wildman–Crippen LogP) is 1.33. The topological polar surface area (TPSA) is 48.4 Å². The summed E-state index contributed by atoms with van der Waals surface area (Å²) in [5.41, 5.74) is 2.15. The normalized spacial score (nSPS) is 10.8. The fourth-order valence-corrected chi connectivity index (χ4v) is 1.59. The third-order valence-corrected chi connectivity index (χ3v) is 2.57. The van der Waals surface area contributed by atoms with Crippen LogP contribution >= 0.6 is 0 Å². The zero-order valence-electron chi connectivity index (χ0n) is 10.1. The van der Waals surface area contributed by atoms with Crippen molar-refractivity contribution in [2.75, 3.05) is 32.1 Å². The van der Waals surface area contributed by atoms with Crippen LogP contribution in [0.3, 0.4) is 0 Å². The highest BCUT2D eigenvalue weighted by Crippen LogP contribution is 2.09. The average molecular weight is 223 g/mol. The molecule has 1 aromatic heterocycles. The van der Waals surface area contributed by atoms with Crippen LogP contribution in [0.15, 0.2) is 18.3 Å². The molecule has 2 N–H and O–H groups in total. The second-order valence-corrected chi connectivity index (χ2v) is 3.73. The van der Waals surface area contributed by atoms with Crippen molar-refractivity contribution < 1.29 is 5.11 Å². The van der Waals surface area contributed by atoms with Gasteiger partial charge < -0.3 is 10.4 Å². The lowest BCUT2D eigenvalue weighted by molar-refractivity contribution is 0.224. The highest BCUT2D eigenvalue weighted by Gasteiger charge is 2.04. The third kappa shape index (κ3) is 4.16. The number of hydrogen-bond acceptors (Lipinski definition) is 4. The molecule has 0 aliphatic rings. The molecule has 0 aromatic carbocycles. The molecule has 0 unspecified atom stereocenters. The van der Waals surface area contributed by atoms with Crippen LogP contribution in [0.5, 0.6) is 0 Å². The van der Waals surface area contributed by atoms with Crippen molar-refractivity contribution in [3.05, 3.63) is 24.0 Å². The summed E-state index contributed by atoms with van der Waals surface area (Å²) in [5, 5.41) is 11.9. The van der Waals surface area contributed by atoms with Crippen LogP contribution in [0.1, 0.15) is 19.0 Å². The van der Waals surface area contributed by atoms with E-state index in [-0.39, 0.29) is 6.61 Å². The van der Waals surface area contributed by atoms with Gasteiger partial charge in [0.25, 0.3) is 0 Å². The molecule has 1 heterocycles. The Balaban J connectivity index is 2.55. The molecular formula is C12H21N3O. The summed E-state index contributed by atoms with van der Waals surface area (Å²) in [6, 6.07) is 4.01. The molecule has 4 nitrogen and oxygen atoms in total. The fraction of sp³-hybridized carbons (Fsp3) is 0.583. The predicted molar refractivity (Wildman–Crippen MR) is 66.4 cm³/mol. The van der Waals surface area contributed by atoms with Crippen LogP contribution in [-0.2, 0) is 6.54 Å². The number of rotatable bonds is 7. The van der Waals surface area contributed by atoms with Gasteiger partial charge in [0.2, 0.25) is 0 Å². The molecule has 0 saturated heterocycles. The van der Waals surface area contributed by atoms with Crippen LogP contribution in [0.25, 0.3) is 0 Å². The smallest absolute Gasteiger partial charge is 0.0564 e. The first kappa shape index (κ1) is 12.9. The van der Waals surface area contributed by atoms with E-state index in [4.69, 9.17) is 5.11 Å². The Morgan fingerprint density at radius 3 is 2.94 bits per heavy atom. The van der Waals surface area contributed by atoms with E-state index in [1.54, 1.807) is 0 Å². The summed E-state index contributed by atoms with van der Waals surface area (Å²) < 4.78 is 0. The van der Waals surface area contributed by atoms with Gasteiger partial charge in [0.15, 0.2) is 0 Å². The van der Waals surface area contributed by atoms with Crippen LogP contribution in [-0.4, -0.2) is 41.7 Å². The van der Waals surface area contributed by atoms with Gasteiger partial charge in [-0.05, 0) is 25.1 Å². The number of nitrogens with zero attached hydrogens (tertiary/aromatic N) is 2. The van der Waals surface area contributed by atoms with Gasteiger partial charge in [0.1, 0.15) is 0 Å². The molecule has 1 rings (SSSR count). The highest BCUT2D eigenvalue weighted by molar-refractivity contribution is 5.42. The molecule has 0 radical (unpaired) electrons. The standard InChI is InChI=1S/C12H21N3O/c1-3-15(7-4-8-16)10-12-9-11(13-2)5-6-14-12/h5-6,9,16H,3-4,7-8,10H2,1-2H3,(H,13,14). The van der Waals surface area contributed by atoms with Crippen molar-refractivity contribution in [2.24, 2.45) is 0 Å². The molecule has 0 amide bonds. The maximum Gasteiger partial charge on any atom is 0.0564 e. The summed E-state index contributed by atoms with van der Waals surface area (Å²) >= 11 is 0. The van der Waals surface area contributed by atoms with Gasteiger partial charge in [-0.15, -0.1) is 0 Å². The minimum atomic E-state index is 0.250. The Morgan fingerprint density at radius 2 is 2.31 bits per heavy atom. The molecule has 0 atom stereocenters. The molecule has 1 aromatic rings. The number of pyridine rings is 1. The molecule has 0 aliphatic carbocycles. The summed E-state index contributed by atoms with van der Waals surface area (Å²) in [6.45, 7) is 5.11. The summed E-state index contributed by atoms with van der Waals surface area (Å²) in [4.78, 5) is 6.61. The lowest BCUT2D eigenvalue weighted by Crippen LogP contribution is -2.25. The summed E-state index contributed by atoms with van der Waals surface area (Å²) in [5.74, 6) is 0. The number of aliphatic hydroxyl groups is 1. The van der Waals surface area contributed by atoms with Gasteiger partial charge in [-0.1, -0.05) is 6.92 Å². The van der Waals surface area contributed by atoms with E-state index in [2.05, 4.69) is 28.2 Å². The maximum absolute atomic E-state index is 8.81. The van der Waals surface area contributed by atoms with Gasteiger partial charge in [-0.25, -0.2) is 0 Å². The number of hydrogen-bond donors (Lipinski definition) is 2. The van der Waals surface area contributed by atoms with Crippen molar-refractivity contribution in [3.63, 3.8) is 0 Å². The Morgan fingerprint density at radius 1 is 1.50 bits per heavy atom. The van der Waals surface area contributed by atoms with Gasteiger partial charge in [-0.3, -0.25) is 9.88 Å². The molecule has 0 spiro atoms. The Bertz CT molecular complexity index is 304. The summed E-state index contributed by atoms with van der Waals surface area (Å²) in [7, 11) is 1.91. The van der Waals surface area contributed by atoms with E-state index in [0.29, 0.717) is 0 Å². The zero-order chi connectivity index (χ0) is 11.8. The highest BCUT2D eigenvalue weighted by atomic mass is 16.3. The van der Waals surface area contributed by atoms with Crippen LogP contribution in [0.4, 0.5) is 5.69 Å². The number of aliphatic hydroxyl groups excluding tert-OH is 1. The second-order valence-electron chi connectivity index (χ2n) is 3.73. The van der Waals surface area contributed by atoms with Crippen LogP contribution in [0.2, 0.25) is 0 Å². The summed E-state index contributed by atoms with van der Waals surface area (Å²) in [6.07, 6.45) is 2.64. The third-order valence-electron chi connectivity index (χ3n) is 2.57. The first-order valence-corrected chi connectivity index (χ1v) is 5.76. The molecule has 0 bridgehead atoms. The second kappa shape index (κ2) is 7.19. The first-order chi connectivity index (χ1) is 7.80. The Kier molecular flexibility index (Phi) is 5.82. The molecule has 0 saturated carbocycles. The lowest BCUT2D eigenvalue weighted by atomic mass is 10.3. The SMILES string of the molecule is CCN(CCCO)Cc1cc(NC)ccn1. The van der Waals surface area contributed by atoms with E-state index < -0.39 is 0 Å². The molecular weight excluding hydrogens is 202 g/mol. The van der Waals surface area contributed by atoms with Crippen molar-refractivity contribution >= 4 is 5.69 Å². The van der Waals surface area contributed by atoms with Crippen molar-refractivity contribution in [2.45, 2.75) is 19.9 Å². The van der Waals surface area contributed by atoms with Crippen molar-refractivity contribution in [1.82, 2.24) is 9.88 Å². The lowest BCUT2D eigenvalue weighted by Gasteiger charge is -2.19. The molecule has 90 valence electrons. The zero-order valence-corrected chi connectivity index (χ0v) is 10.1. The van der Waals surface area contributed by atoms with Crippen molar-refractivity contribution in [3.8, 4) is 0 Å². The van der Waals surface area contributed by atoms with E-state index >= 15 is 0 Å². The minimum Gasteiger partial charge on any atom is -0.396 e. The molecule has 0 fully saturated rings. The van der Waals surface area contributed by atoms with E-state index in [1.807, 2.05) is 19.3 Å². The Labute approximate surface area is 97.3 Å². The fourth-order valence-electron chi connectivity index (χ4n) is 1.59. The Hall–Kier alpha value is -1.13. The quantitative estimate of drug-likeness (QED) is 0.732. The number of aromatic nitrogens is 1. The van der Waals surface area contributed by atoms with Gasteiger partial charge in [0.05, 0.1) is 5.69 Å². The minimum absolute atomic E-state index is 0.250. The number of nitrogens with one attached hydrogen (secondary N) is 1. The molecule has 16 heavy (non-hydrogen) atoms. The maximum atomic E-state index is 8.81. The largest absolute Gasteiger partial charge is 0.396 e. The van der Waals surface area contributed by atoms with Gasteiger partial charge >= 0.3 is 0 Å². The average Bonchev–Trinajstić information content (AvgIpc) is 2.34. The monoisotopic (exact) mass is 223 g/mol. The van der Waals surface area contributed by atoms with Crippen molar-refractivity contribution in [1.29, 1.82) is 0 Å². The number of anilines is 1. The van der Waals surface area contributed by atoms with Gasteiger partial charge in [0, 0.05) is 38.6 Å². The van der Waals surface area contributed by atoms with Crippen LogP contribution in [0, 0.1) is 0 Å². The van der Waals surface area contributed by atoms with E-state index in [1.165, 1.54) is 0 Å². The van der Waals surface area contributed by atoms with E-state index in [9.17, 15) is 0 Å². The molecule has 0 aliphatic heterocycles. The van der Waals surface area contributed by atoms with Crippen LogP contribution < -0.4 is 5.32 Å². The molecule has 4 heteroatoms. The van der Waals surface area contributed by atoms with Gasteiger partial charge in [-0.2, -0.15) is 0 Å². The van der Waals surface area contributed by atoms with E-state index in [0.717, 1.165) is 37.4 Å². The first-order valence-electron chi connectivity index (χ1n) is 5.76.